The lowest BCUT2D eigenvalue weighted by atomic mass is 10.1. The molecule has 2 N–H and O–H groups in total. The molecule has 0 saturated carbocycles. The van der Waals surface area contributed by atoms with Crippen molar-refractivity contribution < 1.29 is 14.3 Å². The quantitative estimate of drug-likeness (QED) is 0.748. The number of amides is 2. The van der Waals surface area contributed by atoms with Crippen molar-refractivity contribution in [2.75, 3.05) is 25.6 Å². The minimum Gasteiger partial charge on any atom is -0.385 e. The minimum atomic E-state index is -0.00617. The topological polar surface area (TPSA) is 67.4 Å². The second-order valence-corrected chi connectivity index (χ2v) is 4.59. The summed E-state index contributed by atoms with van der Waals surface area (Å²) in [4.78, 5) is 22.9. The van der Waals surface area contributed by atoms with Crippen LogP contribution in [-0.4, -0.2) is 32.1 Å². The van der Waals surface area contributed by atoms with E-state index in [0.29, 0.717) is 26.0 Å². The molecule has 0 spiro atoms. The number of anilines is 1. The lowest BCUT2D eigenvalue weighted by Crippen LogP contribution is -2.26. The molecule has 0 unspecified atom stereocenters. The van der Waals surface area contributed by atoms with Crippen LogP contribution in [0.3, 0.4) is 0 Å². The average molecular weight is 262 g/mol. The van der Waals surface area contributed by atoms with Crippen molar-refractivity contribution >= 4 is 17.5 Å². The first-order valence-electron chi connectivity index (χ1n) is 6.36. The van der Waals surface area contributed by atoms with Crippen molar-refractivity contribution in [2.24, 2.45) is 0 Å². The van der Waals surface area contributed by atoms with Crippen LogP contribution in [-0.2, 0) is 27.2 Å². The number of carbonyl (C=O) groups excluding carboxylic acids is 2. The van der Waals surface area contributed by atoms with E-state index in [1.165, 1.54) is 0 Å². The van der Waals surface area contributed by atoms with Crippen LogP contribution in [0.2, 0.25) is 0 Å². The van der Waals surface area contributed by atoms with Gasteiger partial charge in [0.15, 0.2) is 0 Å². The van der Waals surface area contributed by atoms with Crippen LogP contribution in [0.5, 0.6) is 0 Å². The van der Waals surface area contributed by atoms with Crippen molar-refractivity contribution in [3.05, 3.63) is 29.3 Å². The van der Waals surface area contributed by atoms with Crippen LogP contribution in [0.1, 0.15) is 17.5 Å². The van der Waals surface area contributed by atoms with Gasteiger partial charge in [0.1, 0.15) is 0 Å². The first-order chi connectivity index (χ1) is 9.19. The lowest BCUT2D eigenvalue weighted by molar-refractivity contribution is -0.120. The molecule has 2 amide bonds. The molecule has 5 nitrogen and oxygen atoms in total. The molecule has 0 aromatic heterocycles. The standard InChI is InChI=1S/C14H18N2O3/c1-19-6-2-5-15-13(17)8-10-3-4-12-11(7-10)9-14(18)16-12/h3-4,7H,2,5-6,8-9H2,1H3,(H,15,17)(H,16,18). The molecule has 5 heteroatoms. The van der Waals surface area contributed by atoms with Crippen LogP contribution in [0.4, 0.5) is 5.69 Å². The summed E-state index contributed by atoms with van der Waals surface area (Å²) in [5.41, 5.74) is 2.75. The van der Waals surface area contributed by atoms with Gasteiger partial charge >= 0.3 is 0 Å². The van der Waals surface area contributed by atoms with E-state index in [-0.39, 0.29) is 11.8 Å². The maximum Gasteiger partial charge on any atom is 0.228 e. The molecule has 0 bridgehead atoms. The van der Waals surface area contributed by atoms with Gasteiger partial charge in [-0.3, -0.25) is 9.59 Å². The zero-order valence-electron chi connectivity index (χ0n) is 11.0. The SMILES string of the molecule is COCCCNC(=O)Cc1ccc2c(c1)CC(=O)N2. The van der Waals surface area contributed by atoms with E-state index < -0.39 is 0 Å². The van der Waals surface area contributed by atoms with E-state index in [1.807, 2.05) is 18.2 Å². The monoisotopic (exact) mass is 262 g/mol. The Kier molecular flexibility index (Phi) is 4.52. The van der Waals surface area contributed by atoms with Gasteiger partial charge in [-0.1, -0.05) is 12.1 Å². The Morgan fingerprint density at radius 3 is 3.11 bits per heavy atom. The first kappa shape index (κ1) is 13.5. The second kappa shape index (κ2) is 6.33. The fourth-order valence-corrected chi connectivity index (χ4v) is 2.08. The lowest BCUT2D eigenvalue weighted by Gasteiger charge is -2.06. The molecule has 1 aromatic rings. The molecule has 1 aliphatic rings. The minimum absolute atomic E-state index is 0.00617. The molecule has 0 saturated heterocycles. The van der Waals surface area contributed by atoms with Crippen LogP contribution < -0.4 is 10.6 Å². The normalized spacial score (nSPS) is 13.0. The number of fused-ring (bicyclic) bond motifs is 1. The van der Waals surface area contributed by atoms with Crippen LogP contribution >= 0.6 is 0 Å². The Balaban J connectivity index is 1.84. The van der Waals surface area contributed by atoms with Crippen LogP contribution in [0.25, 0.3) is 0 Å². The predicted molar refractivity (Wildman–Crippen MR) is 72.0 cm³/mol. The number of hydrogen-bond donors (Lipinski definition) is 2. The fourth-order valence-electron chi connectivity index (χ4n) is 2.08. The number of nitrogens with one attached hydrogen (secondary N) is 2. The Morgan fingerprint density at radius 2 is 2.32 bits per heavy atom. The van der Waals surface area contributed by atoms with E-state index in [1.54, 1.807) is 7.11 Å². The molecule has 1 aromatic carbocycles. The predicted octanol–water partition coefficient (Wildman–Crippen LogP) is 0.876. The number of hydrogen-bond acceptors (Lipinski definition) is 3. The molecule has 1 heterocycles. The highest BCUT2D eigenvalue weighted by atomic mass is 16.5. The highest BCUT2D eigenvalue weighted by molar-refractivity contribution is 5.99. The fraction of sp³-hybridized carbons (Fsp3) is 0.429. The number of rotatable bonds is 6. The van der Waals surface area contributed by atoms with Crippen molar-refractivity contribution in [2.45, 2.75) is 19.3 Å². The summed E-state index contributed by atoms with van der Waals surface area (Å²) in [7, 11) is 1.64. The van der Waals surface area contributed by atoms with Gasteiger partial charge in [-0.2, -0.15) is 0 Å². The molecule has 2 rings (SSSR count). The summed E-state index contributed by atoms with van der Waals surface area (Å²) in [6.45, 7) is 1.27. The summed E-state index contributed by atoms with van der Waals surface area (Å²) in [6, 6.07) is 5.65. The van der Waals surface area contributed by atoms with Gasteiger partial charge in [-0.15, -0.1) is 0 Å². The number of methoxy groups -OCH3 is 1. The summed E-state index contributed by atoms with van der Waals surface area (Å²) in [5.74, 6) is 0.00417. The Hall–Kier alpha value is -1.88. The molecule has 0 radical (unpaired) electrons. The van der Waals surface area contributed by atoms with Gasteiger partial charge in [0.2, 0.25) is 11.8 Å². The third-order valence-electron chi connectivity index (χ3n) is 3.01. The Bertz CT molecular complexity index is 486. The zero-order chi connectivity index (χ0) is 13.7. The Labute approximate surface area is 112 Å². The van der Waals surface area contributed by atoms with Crippen molar-refractivity contribution in [3.63, 3.8) is 0 Å². The molecule has 0 aliphatic carbocycles. The second-order valence-electron chi connectivity index (χ2n) is 4.59. The molecule has 19 heavy (non-hydrogen) atoms. The van der Waals surface area contributed by atoms with Crippen LogP contribution in [0, 0.1) is 0 Å². The van der Waals surface area contributed by atoms with Gasteiger partial charge in [0, 0.05) is 25.9 Å². The molecular formula is C14H18N2O3. The molecule has 102 valence electrons. The van der Waals surface area contributed by atoms with Gasteiger partial charge in [-0.25, -0.2) is 0 Å². The Morgan fingerprint density at radius 1 is 1.47 bits per heavy atom. The van der Waals surface area contributed by atoms with Gasteiger partial charge < -0.3 is 15.4 Å². The third-order valence-corrected chi connectivity index (χ3v) is 3.01. The van der Waals surface area contributed by atoms with Crippen molar-refractivity contribution in [3.8, 4) is 0 Å². The number of carbonyl (C=O) groups is 2. The van der Waals surface area contributed by atoms with Crippen molar-refractivity contribution in [1.82, 2.24) is 5.32 Å². The average Bonchev–Trinajstić information content (AvgIpc) is 2.74. The van der Waals surface area contributed by atoms with Gasteiger partial charge in [-0.05, 0) is 23.6 Å². The highest BCUT2D eigenvalue weighted by Gasteiger charge is 2.17. The maximum absolute atomic E-state index is 11.7. The summed E-state index contributed by atoms with van der Waals surface area (Å²) < 4.78 is 4.91. The third kappa shape index (κ3) is 3.79. The summed E-state index contributed by atoms with van der Waals surface area (Å²) in [5, 5.41) is 5.61. The van der Waals surface area contributed by atoms with Gasteiger partial charge in [0.25, 0.3) is 0 Å². The van der Waals surface area contributed by atoms with E-state index in [4.69, 9.17) is 4.74 Å². The maximum atomic E-state index is 11.7. The highest BCUT2D eigenvalue weighted by Crippen LogP contribution is 2.23. The van der Waals surface area contributed by atoms with E-state index >= 15 is 0 Å². The van der Waals surface area contributed by atoms with E-state index in [2.05, 4.69) is 10.6 Å². The summed E-state index contributed by atoms with van der Waals surface area (Å²) in [6.07, 6.45) is 1.55. The molecular weight excluding hydrogens is 244 g/mol. The smallest absolute Gasteiger partial charge is 0.228 e. The number of benzene rings is 1. The van der Waals surface area contributed by atoms with E-state index in [9.17, 15) is 9.59 Å². The zero-order valence-corrected chi connectivity index (χ0v) is 11.0. The summed E-state index contributed by atoms with van der Waals surface area (Å²) >= 11 is 0. The largest absolute Gasteiger partial charge is 0.385 e. The molecule has 1 aliphatic heterocycles. The first-order valence-corrected chi connectivity index (χ1v) is 6.36. The van der Waals surface area contributed by atoms with Gasteiger partial charge in [0.05, 0.1) is 12.8 Å². The number of ether oxygens (including phenoxy) is 1. The van der Waals surface area contributed by atoms with Crippen LogP contribution in [0.15, 0.2) is 18.2 Å². The van der Waals surface area contributed by atoms with Crippen molar-refractivity contribution in [1.29, 1.82) is 0 Å². The van der Waals surface area contributed by atoms with E-state index in [0.717, 1.165) is 23.2 Å². The molecule has 0 atom stereocenters. The molecule has 0 fully saturated rings.